The summed E-state index contributed by atoms with van der Waals surface area (Å²) in [5, 5.41) is 4.19. The maximum atomic E-state index is 5.38. The van der Waals surface area contributed by atoms with Crippen LogP contribution in [0.4, 0.5) is 0 Å². The molecule has 124 valence electrons. The van der Waals surface area contributed by atoms with E-state index < -0.39 is 0 Å². The molecule has 5 nitrogen and oxygen atoms in total. The molecule has 2 aromatic rings. The Labute approximate surface area is 137 Å². The van der Waals surface area contributed by atoms with Crippen molar-refractivity contribution in [3.8, 4) is 0 Å². The van der Waals surface area contributed by atoms with Crippen LogP contribution in [0.15, 0.2) is 10.9 Å². The molecule has 2 aromatic heterocycles. The quantitative estimate of drug-likeness (QED) is 0.870. The predicted octanol–water partition coefficient (Wildman–Crippen LogP) is 3.07. The molecule has 0 amide bonds. The van der Waals surface area contributed by atoms with Crippen molar-refractivity contribution in [3.63, 3.8) is 0 Å². The fourth-order valence-electron chi connectivity index (χ4n) is 4.13. The van der Waals surface area contributed by atoms with Gasteiger partial charge in [-0.15, -0.1) is 0 Å². The van der Waals surface area contributed by atoms with Crippen molar-refractivity contribution < 1.29 is 4.52 Å². The molecular formula is C18H26N4O. The predicted molar refractivity (Wildman–Crippen MR) is 88.4 cm³/mol. The number of likely N-dealkylation sites (tertiary alicyclic amines) is 1. The fraction of sp³-hybridized carbons (Fsp3) is 0.667. The van der Waals surface area contributed by atoms with Crippen LogP contribution < -0.4 is 0 Å². The standard InChI is InChI=1S/C18H26N4O/c1-3-16-15(13(2)23-20-16)11-21-9-8-14(10-21)22-12-19-17-6-4-5-7-18(17)22/h12,14H,3-11H2,1-2H3/t14-/m0/s1. The van der Waals surface area contributed by atoms with Crippen LogP contribution in [0.1, 0.15) is 60.6 Å². The molecule has 1 saturated heterocycles. The van der Waals surface area contributed by atoms with Crippen molar-refractivity contribution in [3.05, 3.63) is 34.7 Å². The van der Waals surface area contributed by atoms with E-state index >= 15 is 0 Å². The molecule has 0 saturated carbocycles. The van der Waals surface area contributed by atoms with E-state index in [2.05, 4.69) is 32.9 Å². The van der Waals surface area contributed by atoms with Crippen molar-refractivity contribution in [2.45, 2.75) is 65.0 Å². The largest absolute Gasteiger partial charge is 0.361 e. The van der Waals surface area contributed by atoms with Gasteiger partial charge in [-0.05, 0) is 45.4 Å². The number of hydrogen-bond acceptors (Lipinski definition) is 4. The maximum Gasteiger partial charge on any atom is 0.138 e. The van der Waals surface area contributed by atoms with Gasteiger partial charge in [0.15, 0.2) is 0 Å². The molecule has 0 N–H and O–H groups in total. The normalized spacial score (nSPS) is 21.7. The zero-order chi connectivity index (χ0) is 15.8. The average Bonchev–Trinajstić information content (AvgIpc) is 3.27. The summed E-state index contributed by atoms with van der Waals surface area (Å²) in [5.74, 6) is 0.977. The van der Waals surface area contributed by atoms with Crippen LogP contribution in [-0.4, -0.2) is 32.7 Å². The van der Waals surface area contributed by atoms with Crippen molar-refractivity contribution in [1.82, 2.24) is 19.6 Å². The number of fused-ring (bicyclic) bond motifs is 1. The number of hydrogen-bond donors (Lipinski definition) is 0. The van der Waals surface area contributed by atoms with Crippen LogP contribution in [0.2, 0.25) is 0 Å². The minimum atomic E-state index is 0.578. The fourth-order valence-corrected chi connectivity index (χ4v) is 4.13. The lowest BCUT2D eigenvalue weighted by atomic mass is 10.0. The smallest absolute Gasteiger partial charge is 0.138 e. The average molecular weight is 314 g/mol. The molecule has 0 aromatic carbocycles. The molecule has 4 rings (SSSR count). The molecular weight excluding hydrogens is 288 g/mol. The minimum Gasteiger partial charge on any atom is -0.361 e. The Morgan fingerprint density at radius 3 is 3.04 bits per heavy atom. The Hall–Kier alpha value is -1.62. The molecule has 23 heavy (non-hydrogen) atoms. The zero-order valence-electron chi connectivity index (χ0n) is 14.2. The van der Waals surface area contributed by atoms with Crippen LogP contribution in [0.25, 0.3) is 0 Å². The van der Waals surface area contributed by atoms with Crippen molar-refractivity contribution in [1.29, 1.82) is 0 Å². The number of aryl methyl sites for hydroxylation is 3. The second-order valence-corrected chi connectivity index (χ2v) is 6.95. The van der Waals surface area contributed by atoms with E-state index in [0.717, 1.165) is 37.5 Å². The summed E-state index contributed by atoms with van der Waals surface area (Å²) >= 11 is 0. The van der Waals surface area contributed by atoms with Crippen molar-refractivity contribution in [2.75, 3.05) is 13.1 Å². The summed E-state index contributed by atoms with van der Waals surface area (Å²) in [6, 6.07) is 0.578. The van der Waals surface area contributed by atoms with E-state index in [-0.39, 0.29) is 0 Å². The van der Waals surface area contributed by atoms with Crippen LogP contribution in [-0.2, 0) is 25.8 Å². The first-order valence-electron chi connectivity index (χ1n) is 8.97. The number of nitrogens with zero attached hydrogens (tertiary/aromatic N) is 4. The number of imidazole rings is 1. The zero-order valence-corrected chi connectivity index (χ0v) is 14.2. The molecule has 5 heteroatoms. The number of rotatable bonds is 4. The third-order valence-electron chi connectivity index (χ3n) is 5.48. The summed E-state index contributed by atoms with van der Waals surface area (Å²) in [6.45, 7) is 7.39. The van der Waals surface area contributed by atoms with Crippen molar-refractivity contribution >= 4 is 0 Å². The Balaban J connectivity index is 1.47. The third-order valence-corrected chi connectivity index (χ3v) is 5.48. The molecule has 0 unspecified atom stereocenters. The van der Waals surface area contributed by atoms with Crippen LogP contribution in [0.3, 0.4) is 0 Å². The number of aromatic nitrogens is 3. The molecule has 3 heterocycles. The Morgan fingerprint density at radius 1 is 1.30 bits per heavy atom. The first-order chi connectivity index (χ1) is 11.3. The van der Waals surface area contributed by atoms with Crippen LogP contribution in [0, 0.1) is 6.92 Å². The second-order valence-electron chi connectivity index (χ2n) is 6.95. The molecule has 0 bridgehead atoms. The summed E-state index contributed by atoms with van der Waals surface area (Å²) in [4.78, 5) is 7.20. The minimum absolute atomic E-state index is 0.578. The second kappa shape index (κ2) is 6.11. The summed E-state index contributed by atoms with van der Waals surface area (Å²) < 4.78 is 7.85. The lowest BCUT2D eigenvalue weighted by Crippen LogP contribution is -2.22. The third kappa shape index (κ3) is 2.71. The monoisotopic (exact) mass is 314 g/mol. The molecule has 1 aliphatic carbocycles. The highest BCUT2D eigenvalue weighted by Gasteiger charge is 2.28. The van der Waals surface area contributed by atoms with Gasteiger partial charge < -0.3 is 9.09 Å². The molecule has 1 atom stereocenters. The van der Waals surface area contributed by atoms with E-state index in [0.29, 0.717) is 6.04 Å². The molecule has 1 fully saturated rings. The van der Waals surface area contributed by atoms with Gasteiger partial charge in [-0.3, -0.25) is 4.90 Å². The van der Waals surface area contributed by atoms with Crippen LogP contribution in [0.5, 0.6) is 0 Å². The van der Waals surface area contributed by atoms with E-state index in [4.69, 9.17) is 4.52 Å². The van der Waals surface area contributed by atoms with E-state index in [1.807, 2.05) is 6.92 Å². The topological polar surface area (TPSA) is 47.1 Å². The summed E-state index contributed by atoms with van der Waals surface area (Å²) in [7, 11) is 0. The van der Waals surface area contributed by atoms with E-state index in [1.165, 1.54) is 49.1 Å². The summed E-state index contributed by atoms with van der Waals surface area (Å²) in [6.07, 6.45) is 9.23. The Kier molecular flexibility index (Phi) is 3.97. The van der Waals surface area contributed by atoms with E-state index in [1.54, 1.807) is 0 Å². The molecule has 1 aliphatic heterocycles. The van der Waals surface area contributed by atoms with Gasteiger partial charge >= 0.3 is 0 Å². The van der Waals surface area contributed by atoms with Gasteiger partial charge in [0.05, 0.1) is 17.7 Å². The van der Waals surface area contributed by atoms with Crippen molar-refractivity contribution in [2.24, 2.45) is 0 Å². The van der Waals surface area contributed by atoms with Gasteiger partial charge in [-0.25, -0.2) is 4.98 Å². The lowest BCUT2D eigenvalue weighted by molar-refractivity contribution is 0.311. The Bertz CT molecular complexity index is 687. The summed E-state index contributed by atoms with van der Waals surface area (Å²) in [5.41, 5.74) is 5.25. The highest BCUT2D eigenvalue weighted by atomic mass is 16.5. The lowest BCUT2D eigenvalue weighted by Gasteiger charge is -2.20. The SMILES string of the molecule is CCc1noc(C)c1CN1CC[C@H](n2cnc3c2CCCC3)C1. The van der Waals surface area contributed by atoms with Gasteiger partial charge in [0.2, 0.25) is 0 Å². The molecule has 0 spiro atoms. The molecule has 2 aliphatic rings. The van der Waals surface area contributed by atoms with Gasteiger partial charge in [0.25, 0.3) is 0 Å². The highest BCUT2D eigenvalue weighted by Crippen LogP contribution is 2.29. The first kappa shape index (κ1) is 14.9. The van der Waals surface area contributed by atoms with Gasteiger partial charge in [0.1, 0.15) is 5.76 Å². The highest BCUT2D eigenvalue weighted by molar-refractivity contribution is 5.22. The maximum absolute atomic E-state index is 5.38. The van der Waals surface area contributed by atoms with Gasteiger partial charge in [-0.1, -0.05) is 12.1 Å². The van der Waals surface area contributed by atoms with Gasteiger partial charge in [0, 0.05) is 36.9 Å². The first-order valence-corrected chi connectivity index (χ1v) is 8.97. The van der Waals surface area contributed by atoms with Crippen LogP contribution >= 0.6 is 0 Å². The Morgan fingerprint density at radius 2 is 2.17 bits per heavy atom. The molecule has 0 radical (unpaired) electrons. The van der Waals surface area contributed by atoms with Gasteiger partial charge in [-0.2, -0.15) is 0 Å². The van der Waals surface area contributed by atoms with E-state index in [9.17, 15) is 0 Å².